The van der Waals surface area contributed by atoms with Crippen molar-refractivity contribution in [3.63, 3.8) is 0 Å². The van der Waals surface area contributed by atoms with Crippen LogP contribution in [0.3, 0.4) is 0 Å². The molecule has 4 N–H and O–H groups in total. The van der Waals surface area contributed by atoms with E-state index in [9.17, 15) is 27.2 Å². The van der Waals surface area contributed by atoms with Gasteiger partial charge in [0.25, 0.3) is 0 Å². The van der Waals surface area contributed by atoms with Gasteiger partial charge >= 0.3 is 55.0 Å². The van der Waals surface area contributed by atoms with E-state index in [1.165, 1.54) is 12.4 Å². The number of carboxylic acid groups (broad SMARTS) is 2. The van der Waals surface area contributed by atoms with Crippen molar-refractivity contribution in [1.29, 1.82) is 0 Å². The van der Waals surface area contributed by atoms with Gasteiger partial charge in [0, 0.05) is 23.6 Å². The predicted octanol–water partition coefficient (Wildman–Crippen LogP) is 5.84. The number of phenolic OH excluding ortho intramolecular Hbond substituents is 2. The van der Waals surface area contributed by atoms with E-state index in [0.717, 1.165) is 21.5 Å². The van der Waals surface area contributed by atoms with Crippen molar-refractivity contribution >= 4 is 45.9 Å². The zero-order valence-electron chi connectivity index (χ0n) is 25.0. The first-order chi connectivity index (χ1) is 21.4. The molecule has 4 aromatic carbocycles. The first kappa shape index (κ1) is 37.2. The molecule has 0 spiro atoms. The van der Waals surface area contributed by atoms with Gasteiger partial charge in [0.05, 0.1) is 0 Å². The second-order valence-corrected chi connectivity index (χ2v) is 12.1. The van der Waals surface area contributed by atoms with Gasteiger partial charge in [-0.3, -0.25) is 9.98 Å². The number of aromatic hydroxyl groups is 2. The van der Waals surface area contributed by atoms with Crippen LogP contribution < -0.4 is 0 Å². The third-order valence-corrected chi connectivity index (χ3v) is 7.53. The SMILES string of the molecule is CC(C)[C@H](N=Cc1c(O)ccc2ccccc12)C(=O)O.CC(C)[C@H](N=Cc1c(O)ccc2ccccc12)C(=O)O.[O]=[V][O][V]=[O]. The summed E-state index contributed by atoms with van der Waals surface area (Å²) in [6, 6.07) is 20.4. The van der Waals surface area contributed by atoms with Crippen molar-refractivity contribution < 1.29 is 73.1 Å². The molecule has 0 saturated carbocycles. The van der Waals surface area contributed by atoms with Gasteiger partial charge in [-0.2, -0.15) is 0 Å². The van der Waals surface area contributed by atoms with E-state index < -0.39 is 57.2 Å². The monoisotopic (exact) mass is 692 g/mol. The van der Waals surface area contributed by atoms with Crippen LogP contribution in [0.25, 0.3) is 21.5 Å². The van der Waals surface area contributed by atoms with E-state index in [4.69, 9.17) is 10.2 Å². The second-order valence-electron chi connectivity index (χ2n) is 10.3. The van der Waals surface area contributed by atoms with Crippen LogP contribution in [-0.4, -0.2) is 56.9 Å². The van der Waals surface area contributed by atoms with Crippen LogP contribution in [0.4, 0.5) is 0 Å². The van der Waals surface area contributed by atoms with Gasteiger partial charge in [-0.15, -0.1) is 0 Å². The molecule has 2 atom stereocenters. The van der Waals surface area contributed by atoms with Gasteiger partial charge in [0.1, 0.15) is 23.6 Å². The van der Waals surface area contributed by atoms with Gasteiger partial charge in [-0.25, -0.2) is 9.59 Å². The summed E-state index contributed by atoms with van der Waals surface area (Å²) in [5.74, 6) is -1.95. The maximum atomic E-state index is 11.1. The first-order valence-corrected chi connectivity index (χ1v) is 16.0. The second kappa shape index (κ2) is 18.7. The fourth-order valence-electron chi connectivity index (χ4n) is 4.20. The summed E-state index contributed by atoms with van der Waals surface area (Å²) >= 11 is -2.61. The van der Waals surface area contributed by atoms with Crippen molar-refractivity contribution in [2.24, 2.45) is 21.8 Å². The standard InChI is InChI=1S/2C16H17NO3.3O.2V/c2*1-10(2)15(16(19)20)17-9-13-12-6-4-3-5-11(12)7-8-14(13)18;;;;;/h2*3-10,15,18H,1-2H3,(H,19,20);;;;;/t2*15-;;;;;/m00...../s1. The van der Waals surface area contributed by atoms with Crippen molar-refractivity contribution in [3.05, 3.63) is 83.9 Å². The molecular formula is C32H34N2O9V2. The molecule has 0 aromatic heterocycles. The number of aliphatic imine (C=N–C) groups is 2. The number of carbonyl (C=O) groups is 2. The first-order valence-electron chi connectivity index (χ1n) is 13.7. The Morgan fingerprint density at radius 1 is 0.644 bits per heavy atom. The summed E-state index contributed by atoms with van der Waals surface area (Å²) in [4.78, 5) is 30.5. The molecule has 0 fully saturated rings. The molecule has 0 aliphatic heterocycles. The van der Waals surface area contributed by atoms with Gasteiger partial charge in [-0.05, 0) is 45.5 Å². The molecule has 0 heterocycles. The van der Waals surface area contributed by atoms with Gasteiger partial charge in [0.2, 0.25) is 0 Å². The van der Waals surface area contributed by atoms with Crippen molar-refractivity contribution in [2.75, 3.05) is 0 Å². The molecule has 0 aliphatic carbocycles. The molecule has 45 heavy (non-hydrogen) atoms. The molecule has 11 nitrogen and oxygen atoms in total. The van der Waals surface area contributed by atoms with Crippen LogP contribution in [0, 0.1) is 11.8 Å². The number of hydrogen-bond acceptors (Lipinski definition) is 9. The van der Waals surface area contributed by atoms with Gasteiger partial charge in [0.15, 0.2) is 0 Å². The van der Waals surface area contributed by atoms with E-state index in [1.807, 2.05) is 60.7 Å². The number of phenols is 2. The third kappa shape index (κ3) is 11.1. The Labute approximate surface area is 275 Å². The number of fused-ring (bicyclic) bond motifs is 2. The number of carboxylic acids is 2. The van der Waals surface area contributed by atoms with Crippen molar-refractivity contribution in [2.45, 2.75) is 39.8 Å². The fourth-order valence-corrected chi connectivity index (χ4v) is 4.42. The number of aliphatic carboxylic acids is 2. The van der Waals surface area contributed by atoms with Crippen LogP contribution in [0.2, 0.25) is 0 Å². The Bertz CT molecular complexity index is 1570. The van der Waals surface area contributed by atoms with E-state index in [0.29, 0.717) is 11.1 Å². The minimum atomic E-state index is -1.30. The Hall–Kier alpha value is -3.99. The summed E-state index contributed by atoms with van der Waals surface area (Å²) in [7, 11) is 0. The van der Waals surface area contributed by atoms with E-state index in [-0.39, 0.29) is 23.3 Å². The average Bonchev–Trinajstić information content (AvgIpc) is 2.99. The maximum absolute atomic E-state index is 11.1. The van der Waals surface area contributed by atoms with Crippen LogP contribution in [0.1, 0.15) is 38.8 Å². The summed E-state index contributed by atoms with van der Waals surface area (Å²) < 4.78 is 22.4. The van der Waals surface area contributed by atoms with Crippen molar-refractivity contribution in [3.8, 4) is 11.5 Å². The molecular weight excluding hydrogens is 658 g/mol. The molecule has 0 bridgehead atoms. The molecule has 0 unspecified atom stereocenters. The summed E-state index contributed by atoms with van der Waals surface area (Å²) in [5, 5.41) is 41.8. The van der Waals surface area contributed by atoms with Gasteiger partial charge in [-0.1, -0.05) is 88.4 Å². The molecule has 4 rings (SSSR count). The number of nitrogens with zero attached hydrogens (tertiary/aromatic N) is 2. The van der Waals surface area contributed by atoms with Crippen molar-refractivity contribution in [1.82, 2.24) is 0 Å². The zero-order valence-corrected chi connectivity index (χ0v) is 27.8. The van der Waals surface area contributed by atoms with Crippen LogP contribution >= 0.6 is 0 Å². The van der Waals surface area contributed by atoms with Crippen LogP contribution in [0.15, 0.2) is 82.8 Å². The van der Waals surface area contributed by atoms with E-state index in [1.54, 1.807) is 39.8 Å². The molecule has 0 saturated heterocycles. The zero-order chi connectivity index (χ0) is 33.5. The number of benzene rings is 4. The molecule has 0 radical (unpaired) electrons. The van der Waals surface area contributed by atoms with Crippen LogP contribution in [0.5, 0.6) is 11.5 Å². The Morgan fingerprint density at radius 3 is 1.29 bits per heavy atom. The van der Waals surface area contributed by atoms with Gasteiger partial charge < -0.3 is 20.4 Å². The predicted molar refractivity (Wildman–Crippen MR) is 161 cm³/mol. The molecule has 236 valence electrons. The molecule has 0 amide bonds. The summed E-state index contributed by atoms with van der Waals surface area (Å²) in [6.07, 6.45) is 2.91. The summed E-state index contributed by atoms with van der Waals surface area (Å²) in [5.41, 5.74) is 1.10. The molecule has 4 aromatic rings. The topological polar surface area (TPSA) is 183 Å². The van der Waals surface area contributed by atoms with E-state index >= 15 is 0 Å². The Morgan fingerprint density at radius 2 is 1.00 bits per heavy atom. The molecule has 13 heteroatoms. The third-order valence-electron chi connectivity index (χ3n) is 6.46. The van der Waals surface area contributed by atoms with Crippen LogP contribution in [-0.2, 0) is 52.7 Å². The summed E-state index contributed by atoms with van der Waals surface area (Å²) in [6.45, 7) is 7.22. The molecule has 0 aliphatic rings. The average molecular weight is 693 g/mol. The fraction of sp³-hybridized carbons (Fsp3) is 0.250. The Balaban J connectivity index is 0.000000273. The number of rotatable bonds is 10. The van der Waals surface area contributed by atoms with E-state index in [2.05, 4.69) is 12.6 Å². The quantitative estimate of drug-likeness (QED) is 0.148. The normalized spacial score (nSPS) is 12.4. The minimum absolute atomic E-state index is 0.0975. The Kier molecular flexibility index (Phi) is 15.5. The number of hydrogen-bond donors (Lipinski definition) is 4.